The Bertz CT molecular complexity index is 1060. The molecule has 0 N–H and O–H groups in total. The Morgan fingerprint density at radius 1 is 1.14 bits per heavy atom. The van der Waals surface area contributed by atoms with E-state index in [2.05, 4.69) is 20.8 Å². The summed E-state index contributed by atoms with van der Waals surface area (Å²) in [7, 11) is 1.65. The van der Waals surface area contributed by atoms with Crippen LogP contribution in [0.4, 0.5) is 11.4 Å². The number of rotatable bonds is 2. The molecule has 0 radical (unpaired) electrons. The van der Waals surface area contributed by atoms with Crippen LogP contribution in [-0.2, 0) is 4.79 Å². The van der Waals surface area contributed by atoms with Gasteiger partial charge in [0.2, 0.25) is 0 Å². The third kappa shape index (κ3) is 2.69. The number of methoxy groups -OCH3 is 1. The summed E-state index contributed by atoms with van der Waals surface area (Å²) < 4.78 is 16.8. The Balaban J connectivity index is 1.69. The molecule has 150 valence electrons. The minimum absolute atomic E-state index is 0.0682. The number of hydrogen-bond acceptors (Lipinski definition) is 5. The molecule has 6 nitrogen and oxygen atoms in total. The highest BCUT2D eigenvalue weighted by atomic mass is 16.6. The summed E-state index contributed by atoms with van der Waals surface area (Å²) in [6, 6.07) is 9.48. The van der Waals surface area contributed by atoms with E-state index in [4.69, 9.17) is 19.2 Å². The second kappa shape index (κ2) is 6.24. The number of anilines is 1. The van der Waals surface area contributed by atoms with Gasteiger partial charge in [-0.3, -0.25) is 4.79 Å². The lowest BCUT2D eigenvalue weighted by Gasteiger charge is -2.43. The molecule has 0 fully saturated rings. The van der Waals surface area contributed by atoms with Crippen molar-refractivity contribution in [3.8, 4) is 17.2 Å². The van der Waals surface area contributed by atoms with Crippen molar-refractivity contribution in [1.29, 1.82) is 0 Å². The summed E-state index contributed by atoms with van der Waals surface area (Å²) in [5, 5.41) is 0. The van der Waals surface area contributed by atoms with Gasteiger partial charge in [-0.15, -0.1) is 0 Å². The largest absolute Gasteiger partial charge is 0.497 e. The molecule has 1 amide bonds. The molecular weight excluding hydrogens is 368 g/mol. The van der Waals surface area contributed by atoms with Crippen LogP contribution in [0.5, 0.6) is 17.2 Å². The second-order valence-corrected chi connectivity index (χ2v) is 8.46. The maximum absolute atomic E-state index is 13.5. The van der Waals surface area contributed by atoms with Crippen LogP contribution in [0.1, 0.15) is 44.2 Å². The number of nitrogens with zero attached hydrogens (tertiary/aromatic N) is 2. The Labute approximate surface area is 170 Å². The van der Waals surface area contributed by atoms with Crippen molar-refractivity contribution >= 4 is 23.0 Å². The minimum atomic E-state index is -0.281. The van der Waals surface area contributed by atoms with Gasteiger partial charge >= 0.3 is 0 Å². The van der Waals surface area contributed by atoms with E-state index in [1.54, 1.807) is 7.11 Å². The molecule has 0 saturated carbocycles. The van der Waals surface area contributed by atoms with Crippen LogP contribution in [0, 0.1) is 0 Å². The zero-order chi connectivity index (χ0) is 20.3. The third-order valence-corrected chi connectivity index (χ3v) is 5.94. The van der Waals surface area contributed by atoms with Gasteiger partial charge in [-0.2, -0.15) is 0 Å². The quantitative estimate of drug-likeness (QED) is 0.768. The van der Waals surface area contributed by atoms with E-state index in [0.717, 1.165) is 29.0 Å². The zero-order valence-electron chi connectivity index (χ0n) is 17.1. The minimum Gasteiger partial charge on any atom is -0.497 e. The first kappa shape index (κ1) is 18.0. The van der Waals surface area contributed by atoms with Crippen molar-refractivity contribution < 1.29 is 19.0 Å². The van der Waals surface area contributed by atoms with Gasteiger partial charge in [-0.1, -0.05) is 6.92 Å². The van der Waals surface area contributed by atoms with Crippen molar-refractivity contribution in [2.45, 2.75) is 38.6 Å². The van der Waals surface area contributed by atoms with Gasteiger partial charge < -0.3 is 19.1 Å². The van der Waals surface area contributed by atoms with E-state index in [1.807, 2.05) is 35.2 Å². The normalized spacial score (nSPS) is 22.6. The lowest BCUT2D eigenvalue weighted by Crippen LogP contribution is -2.50. The summed E-state index contributed by atoms with van der Waals surface area (Å²) in [5.74, 6) is 2.37. The maximum Gasteiger partial charge on any atom is 0.278 e. The number of amides is 1. The number of ether oxygens (including phenoxy) is 3. The Morgan fingerprint density at radius 3 is 2.66 bits per heavy atom. The number of fused-ring (bicyclic) bond motifs is 1. The van der Waals surface area contributed by atoms with E-state index >= 15 is 0 Å². The van der Waals surface area contributed by atoms with Crippen LogP contribution >= 0.6 is 0 Å². The van der Waals surface area contributed by atoms with Gasteiger partial charge in [0.05, 0.1) is 18.5 Å². The van der Waals surface area contributed by atoms with Crippen LogP contribution in [0.2, 0.25) is 0 Å². The number of carbonyl (C=O) groups excluding carboxylic acids is 1. The molecule has 0 aromatic heterocycles. The highest BCUT2D eigenvalue weighted by Gasteiger charge is 2.48. The fourth-order valence-electron chi connectivity index (χ4n) is 4.74. The molecule has 0 aliphatic carbocycles. The average molecular weight is 392 g/mol. The van der Waals surface area contributed by atoms with E-state index in [9.17, 15) is 4.79 Å². The predicted molar refractivity (Wildman–Crippen MR) is 111 cm³/mol. The fraction of sp³-hybridized carbons (Fsp3) is 0.391. The van der Waals surface area contributed by atoms with Gasteiger partial charge in [0.1, 0.15) is 24.7 Å². The molecule has 0 bridgehead atoms. The fourth-order valence-corrected chi connectivity index (χ4v) is 4.74. The summed E-state index contributed by atoms with van der Waals surface area (Å²) in [4.78, 5) is 20.2. The molecule has 3 aliphatic rings. The van der Waals surface area contributed by atoms with Crippen molar-refractivity contribution in [1.82, 2.24) is 0 Å². The molecule has 3 aliphatic heterocycles. The van der Waals surface area contributed by atoms with Gasteiger partial charge in [-0.05, 0) is 56.0 Å². The topological polar surface area (TPSA) is 60.4 Å². The van der Waals surface area contributed by atoms with Gasteiger partial charge in [-0.25, -0.2) is 4.99 Å². The summed E-state index contributed by atoms with van der Waals surface area (Å²) in [5.41, 5.74) is 3.77. The zero-order valence-corrected chi connectivity index (χ0v) is 17.1. The van der Waals surface area contributed by atoms with Crippen molar-refractivity contribution in [2.75, 3.05) is 25.2 Å². The summed E-state index contributed by atoms with van der Waals surface area (Å²) in [6.07, 6.45) is 0.885. The number of hydrogen-bond donors (Lipinski definition) is 0. The number of carbonyl (C=O) groups is 1. The van der Waals surface area contributed by atoms with Gasteiger partial charge in [0, 0.05) is 17.2 Å². The highest BCUT2D eigenvalue weighted by molar-refractivity contribution is 6.55. The van der Waals surface area contributed by atoms with E-state index in [1.165, 1.54) is 0 Å². The van der Waals surface area contributed by atoms with Crippen molar-refractivity contribution in [3.05, 3.63) is 41.5 Å². The average Bonchev–Trinajstić information content (AvgIpc) is 2.98. The standard InChI is InChI=1S/C23H24N2O4/c1-13-12-23(2,3)25-21-16(13)10-15(27-4)11-17(21)20(22(25)26)24-14-5-6-18-19(9-14)29-8-7-28-18/h5-6,9-11,13H,7-8,12H2,1-4H3/t13-/m1/s1. The first-order chi connectivity index (χ1) is 13.9. The SMILES string of the molecule is COc1cc2c3c(c1)[C@H](C)CC(C)(C)N3C(=O)C2=Nc1ccc2c(c1)OCCO2. The third-order valence-electron chi connectivity index (χ3n) is 5.94. The van der Waals surface area contributed by atoms with E-state index in [0.29, 0.717) is 42.0 Å². The predicted octanol–water partition coefficient (Wildman–Crippen LogP) is 4.22. The lowest BCUT2D eigenvalue weighted by molar-refractivity contribution is -0.113. The molecule has 2 aromatic rings. The Morgan fingerprint density at radius 2 is 1.90 bits per heavy atom. The Kier molecular flexibility index (Phi) is 3.88. The molecule has 1 atom stereocenters. The molecule has 0 spiro atoms. The lowest BCUT2D eigenvalue weighted by atomic mass is 9.80. The van der Waals surface area contributed by atoms with Crippen molar-refractivity contribution in [2.24, 2.45) is 4.99 Å². The van der Waals surface area contributed by atoms with Gasteiger partial charge in [0.25, 0.3) is 5.91 Å². The van der Waals surface area contributed by atoms with Crippen LogP contribution < -0.4 is 19.1 Å². The first-order valence-corrected chi connectivity index (χ1v) is 9.94. The molecule has 5 rings (SSSR count). The Hall–Kier alpha value is -3.02. The molecule has 0 saturated heterocycles. The first-order valence-electron chi connectivity index (χ1n) is 9.94. The molecule has 6 heteroatoms. The highest BCUT2D eigenvalue weighted by Crippen LogP contribution is 2.50. The monoisotopic (exact) mass is 392 g/mol. The van der Waals surface area contributed by atoms with E-state index in [-0.39, 0.29) is 11.4 Å². The molecule has 29 heavy (non-hydrogen) atoms. The van der Waals surface area contributed by atoms with Crippen LogP contribution in [0.25, 0.3) is 0 Å². The second-order valence-electron chi connectivity index (χ2n) is 8.46. The molecule has 0 unspecified atom stereocenters. The number of aliphatic imine (C=N–C) groups is 1. The molecule has 2 aromatic carbocycles. The van der Waals surface area contributed by atoms with Crippen LogP contribution in [-0.4, -0.2) is 37.5 Å². The maximum atomic E-state index is 13.5. The summed E-state index contributed by atoms with van der Waals surface area (Å²) in [6.45, 7) is 7.48. The van der Waals surface area contributed by atoms with Crippen LogP contribution in [0.3, 0.4) is 0 Å². The summed E-state index contributed by atoms with van der Waals surface area (Å²) >= 11 is 0. The van der Waals surface area contributed by atoms with Crippen LogP contribution in [0.15, 0.2) is 35.3 Å². The van der Waals surface area contributed by atoms with Crippen molar-refractivity contribution in [3.63, 3.8) is 0 Å². The molecule has 3 heterocycles. The molecular formula is C23H24N2O4. The van der Waals surface area contributed by atoms with E-state index < -0.39 is 0 Å². The van der Waals surface area contributed by atoms with Gasteiger partial charge in [0.15, 0.2) is 11.5 Å². The smallest absolute Gasteiger partial charge is 0.278 e. The number of benzene rings is 2.